The van der Waals surface area contributed by atoms with E-state index in [4.69, 9.17) is 18.9 Å². The van der Waals surface area contributed by atoms with Crippen molar-refractivity contribution < 1.29 is 18.9 Å². The Morgan fingerprint density at radius 1 is 1.11 bits per heavy atom. The van der Waals surface area contributed by atoms with Crippen molar-refractivity contribution in [1.29, 1.82) is 0 Å². The fourth-order valence-electron chi connectivity index (χ4n) is 2.13. The zero-order chi connectivity index (χ0) is 13.0. The van der Waals surface area contributed by atoms with E-state index in [1.165, 1.54) is 0 Å². The molecule has 1 saturated heterocycles. The Morgan fingerprint density at radius 3 is 2.16 bits per heavy atom. The van der Waals surface area contributed by atoms with Gasteiger partial charge in [-0.1, -0.05) is 0 Å². The fourth-order valence-corrected chi connectivity index (χ4v) is 2.13. The quantitative estimate of drug-likeness (QED) is 0.916. The van der Waals surface area contributed by atoms with Crippen LogP contribution in [-0.4, -0.2) is 41.1 Å². The number of benzene rings is 1. The Hall–Kier alpha value is -1.17. The molecule has 0 spiro atoms. The van der Waals surface area contributed by atoms with E-state index in [0.29, 0.717) is 12.4 Å². The molecule has 0 aliphatic carbocycles. The van der Waals surface area contributed by atoms with E-state index >= 15 is 0 Å². The maximum atomic E-state index is 5.49. The molecule has 1 aromatic carbocycles. The Kier molecular flexibility index (Phi) is 6.21. The molecule has 0 unspecified atom stereocenters. The highest BCUT2D eigenvalue weighted by atomic mass is 35.5. The van der Waals surface area contributed by atoms with E-state index in [1.54, 1.807) is 21.3 Å². The number of hydrogen-bond donors (Lipinski definition) is 1. The van der Waals surface area contributed by atoms with Gasteiger partial charge in [0.05, 0.1) is 46.1 Å². The van der Waals surface area contributed by atoms with Crippen LogP contribution in [0.15, 0.2) is 12.1 Å². The number of nitrogens with one attached hydrogen (secondary N) is 1. The lowest BCUT2D eigenvalue weighted by Crippen LogP contribution is -2.35. The van der Waals surface area contributed by atoms with E-state index in [-0.39, 0.29) is 18.4 Å². The van der Waals surface area contributed by atoms with Crippen LogP contribution in [0.25, 0.3) is 0 Å². The first-order valence-corrected chi connectivity index (χ1v) is 5.91. The molecule has 5 nitrogen and oxygen atoms in total. The van der Waals surface area contributed by atoms with Crippen molar-refractivity contribution in [2.24, 2.45) is 0 Å². The average Bonchev–Trinajstić information content (AvgIpc) is 2.46. The van der Waals surface area contributed by atoms with Crippen molar-refractivity contribution in [3.05, 3.63) is 17.7 Å². The van der Waals surface area contributed by atoms with Gasteiger partial charge in [0.25, 0.3) is 0 Å². The third kappa shape index (κ3) is 3.43. The summed E-state index contributed by atoms with van der Waals surface area (Å²) in [5.41, 5.74) is 0.973. The molecule has 0 saturated carbocycles. The van der Waals surface area contributed by atoms with Crippen LogP contribution in [0.5, 0.6) is 17.2 Å². The standard InChI is InChI=1S/C13H19NO4.ClH/c1-15-9-6-11(16-2)13(12(7-9)17-3)10-8-18-5-4-14-10;/h6-7,10,14H,4-5,8H2,1-3H3;1H/t10-;/m0./s1. The monoisotopic (exact) mass is 289 g/mol. The van der Waals surface area contributed by atoms with Crippen molar-refractivity contribution in [3.63, 3.8) is 0 Å². The summed E-state index contributed by atoms with van der Waals surface area (Å²) in [5, 5.41) is 3.40. The summed E-state index contributed by atoms with van der Waals surface area (Å²) in [5.74, 6) is 2.20. The van der Waals surface area contributed by atoms with Crippen LogP contribution in [0, 0.1) is 0 Å². The number of methoxy groups -OCH3 is 3. The maximum absolute atomic E-state index is 5.49. The van der Waals surface area contributed by atoms with Crippen molar-refractivity contribution in [3.8, 4) is 17.2 Å². The SMILES string of the molecule is COc1cc(OC)c([C@@H]2COCCN2)c(OC)c1.Cl. The molecule has 2 rings (SSSR count). The zero-order valence-electron chi connectivity index (χ0n) is 11.4. The summed E-state index contributed by atoms with van der Waals surface area (Å²) in [6.07, 6.45) is 0. The van der Waals surface area contributed by atoms with Gasteiger partial charge in [-0.3, -0.25) is 0 Å². The highest BCUT2D eigenvalue weighted by Gasteiger charge is 2.24. The molecule has 0 aromatic heterocycles. The molecule has 1 atom stereocenters. The highest BCUT2D eigenvalue weighted by molar-refractivity contribution is 5.85. The summed E-state index contributed by atoms with van der Waals surface area (Å²) in [4.78, 5) is 0. The largest absolute Gasteiger partial charge is 0.496 e. The van der Waals surface area contributed by atoms with Gasteiger partial charge < -0.3 is 24.3 Å². The molecule has 1 aliphatic heterocycles. The first-order valence-electron chi connectivity index (χ1n) is 5.91. The predicted molar refractivity (Wildman–Crippen MR) is 74.9 cm³/mol. The lowest BCUT2D eigenvalue weighted by Gasteiger charge is -2.27. The summed E-state index contributed by atoms with van der Waals surface area (Å²) in [7, 11) is 4.90. The van der Waals surface area contributed by atoms with Gasteiger partial charge in [-0.15, -0.1) is 12.4 Å². The Balaban J connectivity index is 0.00000180. The van der Waals surface area contributed by atoms with Crippen LogP contribution >= 0.6 is 12.4 Å². The molecule has 0 bridgehead atoms. The molecular formula is C13H20ClNO4. The van der Waals surface area contributed by atoms with Gasteiger partial charge >= 0.3 is 0 Å². The molecule has 0 amide bonds. The third-order valence-corrected chi connectivity index (χ3v) is 3.02. The number of ether oxygens (including phenoxy) is 4. The van der Waals surface area contributed by atoms with Crippen LogP contribution in [0.1, 0.15) is 11.6 Å². The highest BCUT2D eigenvalue weighted by Crippen LogP contribution is 2.38. The minimum Gasteiger partial charge on any atom is -0.496 e. The average molecular weight is 290 g/mol. The van der Waals surface area contributed by atoms with Crippen molar-refractivity contribution >= 4 is 12.4 Å². The van der Waals surface area contributed by atoms with Crippen LogP contribution in [0.4, 0.5) is 0 Å². The molecule has 19 heavy (non-hydrogen) atoms. The molecule has 108 valence electrons. The van der Waals surface area contributed by atoms with E-state index in [2.05, 4.69) is 5.32 Å². The topological polar surface area (TPSA) is 49.0 Å². The second-order valence-electron chi connectivity index (χ2n) is 4.03. The Labute approximate surface area is 119 Å². The van der Waals surface area contributed by atoms with Crippen molar-refractivity contribution in [2.75, 3.05) is 41.1 Å². The molecule has 1 aromatic rings. The van der Waals surface area contributed by atoms with Gasteiger partial charge in [0.1, 0.15) is 17.2 Å². The van der Waals surface area contributed by atoms with Crippen molar-refractivity contribution in [1.82, 2.24) is 5.32 Å². The first kappa shape index (κ1) is 15.9. The summed E-state index contributed by atoms with van der Waals surface area (Å²) in [6.45, 7) is 2.17. The molecule has 1 N–H and O–H groups in total. The molecular weight excluding hydrogens is 270 g/mol. The van der Waals surface area contributed by atoms with Crippen LogP contribution < -0.4 is 19.5 Å². The molecule has 1 fully saturated rings. The molecule has 6 heteroatoms. The lowest BCUT2D eigenvalue weighted by atomic mass is 10.0. The van der Waals surface area contributed by atoms with Crippen LogP contribution in [0.2, 0.25) is 0 Å². The maximum Gasteiger partial charge on any atom is 0.131 e. The number of hydrogen-bond acceptors (Lipinski definition) is 5. The molecule has 1 heterocycles. The lowest BCUT2D eigenvalue weighted by molar-refractivity contribution is 0.0751. The normalized spacial score (nSPS) is 18.4. The second-order valence-corrected chi connectivity index (χ2v) is 4.03. The predicted octanol–water partition coefficient (Wildman–Crippen LogP) is 1.80. The smallest absolute Gasteiger partial charge is 0.131 e. The summed E-state index contributed by atoms with van der Waals surface area (Å²) in [6, 6.07) is 3.79. The number of halogens is 1. The van der Waals surface area contributed by atoms with Gasteiger partial charge in [0.15, 0.2) is 0 Å². The number of morpholine rings is 1. The van der Waals surface area contributed by atoms with E-state index in [0.717, 1.165) is 30.2 Å². The van der Waals surface area contributed by atoms with Gasteiger partial charge in [-0.2, -0.15) is 0 Å². The summed E-state index contributed by atoms with van der Waals surface area (Å²) >= 11 is 0. The number of rotatable bonds is 4. The van der Waals surface area contributed by atoms with Crippen LogP contribution in [-0.2, 0) is 4.74 Å². The van der Waals surface area contributed by atoms with E-state index in [1.807, 2.05) is 12.1 Å². The van der Waals surface area contributed by atoms with E-state index < -0.39 is 0 Å². The van der Waals surface area contributed by atoms with Crippen LogP contribution in [0.3, 0.4) is 0 Å². The first-order chi connectivity index (χ1) is 8.80. The van der Waals surface area contributed by atoms with E-state index in [9.17, 15) is 0 Å². The molecule has 0 radical (unpaired) electrons. The fraction of sp³-hybridized carbons (Fsp3) is 0.538. The second kappa shape index (κ2) is 7.43. The Bertz CT molecular complexity index is 383. The zero-order valence-corrected chi connectivity index (χ0v) is 12.2. The summed E-state index contributed by atoms with van der Waals surface area (Å²) < 4.78 is 21.6. The van der Waals surface area contributed by atoms with Gasteiger partial charge in [-0.05, 0) is 0 Å². The minimum atomic E-state index is 0. The van der Waals surface area contributed by atoms with Gasteiger partial charge in [-0.25, -0.2) is 0 Å². The minimum absolute atomic E-state index is 0. The van der Waals surface area contributed by atoms with Crippen molar-refractivity contribution in [2.45, 2.75) is 6.04 Å². The third-order valence-electron chi connectivity index (χ3n) is 3.02. The Morgan fingerprint density at radius 2 is 1.74 bits per heavy atom. The molecule has 1 aliphatic rings. The van der Waals surface area contributed by atoms with Gasteiger partial charge in [0, 0.05) is 18.7 Å². The van der Waals surface area contributed by atoms with Gasteiger partial charge in [0.2, 0.25) is 0 Å².